The minimum absolute atomic E-state index is 0.395. The second-order valence-electron chi connectivity index (χ2n) is 6.90. The van der Waals surface area contributed by atoms with Crippen LogP contribution in [0.3, 0.4) is 0 Å². The van der Waals surface area contributed by atoms with E-state index < -0.39 is 36.3 Å². The Bertz CT molecular complexity index is 307. The minimum atomic E-state index is -1.12. The Morgan fingerprint density at radius 1 is 1.19 bits per heavy atom. The Balaban J connectivity index is 2.60. The van der Waals surface area contributed by atoms with Crippen LogP contribution >= 0.6 is 0 Å². The largest absolute Gasteiger partial charge is 0.391 e. The molecule has 21 heavy (non-hydrogen) atoms. The number of hydrogen-bond acceptors (Lipinski definition) is 5. The van der Waals surface area contributed by atoms with Crippen LogP contribution in [0.5, 0.6) is 0 Å². The van der Waals surface area contributed by atoms with E-state index in [1.165, 1.54) is 6.92 Å². The van der Waals surface area contributed by atoms with E-state index in [1.807, 2.05) is 13.8 Å². The molecule has 0 aromatic heterocycles. The predicted molar refractivity (Wildman–Crippen MR) is 80.8 cm³/mol. The lowest BCUT2D eigenvalue weighted by Crippen LogP contribution is -2.40. The van der Waals surface area contributed by atoms with E-state index in [4.69, 9.17) is 9.47 Å². The summed E-state index contributed by atoms with van der Waals surface area (Å²) in [5, 5.41) is 29.5. The van der Waals surface area contributed by atoms with E-state index in [9.17, 15) is 15.3 Å². The number of rotatable bonds is 8. The summed E-state index contributed by atoms with van der Waals surface area (Å²) in [6.07, 6.45) is -0.925. The second kappa shape index (κ2) is 7.88. The molecule has 1 saturated heterocycles. The standard InChI is InChI=1S/C16H32O5/c1-6-16(5,9-7-8-10(2)3)21-15-13(19)12(18)14(20-15)11(4)17/h10-15,17-19H,6-9H2,1-5H3/t11-,12-,13-,14+,15+,16+/m1/s1. The quantitative estimate of drug-likeness (QED) is 0.637. The molecule has 0 saturated carbocycles. The summed E-state index contributed by atoms with van der Waals surface area (Å²) in [6, 6.07) is 0. The highest BCUT2D eigenvalue weighted by Crippen LogP contribution is 2.32. The molecule has 0 amide bonds. The van der Waals surface area contributed by atoms with Gasteiger partial charge in [0, 0.05) is 0 Å². The molecule has 0 unspecified atom stereocenters. The second-order valence-corrected chi connectivity index (χ2v) is 6.90. The monoisotopic (exact) mass is 304 g/mol. The molecule has 1 heterocycles. The van der Waals surface area contributed by atoms with E-state index in [2.05, 4.69) is 13.8 Å². The summed E-state index contributed by atoms with van der Waals surface area (Å²) in [5.74, 6) is 0.654. The fourth-order valence-corrected chi connectivity index (χ4v) is 2.65. The van der Waals surface area contributed by atoms with E-state index in [0.717, 1.165) is 25.7 Å². The van der Waals surface area contributed by atoms with Gasteiger partial charge in [-0.3, -0.25) is 0 Å². The third-order valence-corrected chi connectivity index (χ3v) is 4.37. The minimum Gasteiger partial charge on any atom is -0.391 e. The van der Waals surface area contributed by atoms with Crippen molar-refractivity contribution in [2.24, 2.45) is 5.92 Å². The fourth-order valence-electron chi connectivity index (χ4n) is 2.65. The molecule has 0 aromatic rings. The first kappa shape index (κ1) is 18.8. The summed E-state index contributed by atoms with van der Waals surface area (Å²) in [7, 11) is 0. The van der Waals surface area contributed by atoms with Gasteiger partial charge in [0.15, 0.2) is 6.29 Å². The molecule has 6 atom stereocenters. The summed E-state index contributed by atoms with van der Waals surface area (Å²) >= 11 is 0. The van der Waals surface area contributed by atoms with Crippen molar-refractivity contribution >= 4 is 0 Å². The van der Waals surface area contributed by atoms with Gasteiger partial charge in [0.25, 0.3) is 0 Å². The molecular weight excluding hydrogens is 272 g/mol. The molecule has 0 aliphatic carbocycles. The highest BCUT2D eigenvalue weighted by atomic mass is 16.7. The Labute approximate surface area is 128 Å². The molecule has 0 spiro atoms. The number of aliphatic hydroxyl groups excluding tert-OH is 3. The molecule has 126 valence electrons. The highest BCUT2D eigenvalue weighted by Gasteiger charge is 2.47. The van der Waals surface area contributed by atoms with Crippen molar-refractivity contribution in [1.29, 1.82) is 0 Å². The van der Waals surface area contributed by atoms with Crippen LogP contribution in [0, 0.1) is 5.92 Å². The predicted octanol–water partition coefficient (Wildman–Crippen LogP) is 1.83. The third-order valence-electron chi connectivity index (χ3n) is 4.37. The maximum Gasteiger partial charge on any atom is 0.187 e. The molecule has 0 bridgehead atoms. The maximum absolute atomic E-state index is 10.0. The van der Waals surface area contributed by atoms with Gasteiger partial charge in [0.05, 0.1) is 11.7 Å². The van der Waals surface area contributed by atoms with Gasteiger partial charge in [-0.25, -0.2) is 0 Å². The Hall–Kier alpha value is -0.200. The molecule has 5 nitrogen and oxygen atoms in total. The summed E-state index contributed by atoms with van der Waals surface area (Å²) < 4.78 is 11.4. The van der Waals surface area contributed by atoms with Crippen LogP contribution in [0.4, 0.5) is 0 Å². The molecule has 1 fully saturated rings. The SMILES string of the molecule is CC[C@@](C)(CCCC(C)C)O[C@@H]1O[C@@H]([C@@H](C)O)[C@H](O)[C@H]1O. The van der Waals surface area contributed by atoms with Gasteiger partial charge >= 0.3 is 0 Å². The average Bonchev–Trinajstić information content (AvgIpc) is 2.66. The molecule has 1 rings (SSSR count). The molecule has 0 radical (unpaired) electrons. The van der Waals surface area contributed by atoms with Gasteiger partial charge < -0.3 is 24.8 Å². The molecular formula is C16H32O5. The van der Waals surface area contributed by atoms with Gasteiger partial charge in [0.1, 0.15) is 18.3 Å². The fraction of sp³-hybridized carbons (Fsp3) is 1.00. The lowest BCUT2D eigenvalue weighted by atomic mass is 9.93. The van der Waals surface area contributed by atoms with E-state index in [1.54, 1.807) is 0 Å². The smallest absolute Gasteiger partial charge is 0.187 e. The average molecular weight is 304 g/mol. The zero-order chi connectivity index (χ0) is 16.2. The van der Waals surface area contributed by atoms with Crippen molar-refractivity contribution in [1.82, 2.24) is 0 Å². The van der Waals surface area contributed by atoms with Crippen LogP contribution in [0.1, 0.15) is 60.3 Å². The van der Waals surface area contributed by atoms with Crippen molar-refractivity contribution in [3.63, 3.8) is 0 Å². The number of ether oxygens (including phenoxy) is 2. The molecule has 0 aromatic carbocycles. The topological polar surface area (TPSA) is 79.2 Å². The van der Waals surface area contributed by atoms with Crippen LogP contribution in [-0.4, -0.2) is 51.6 Å². The van der Waals surface area contributed by atoms with Crippen molar-refractivity contribution < 1.29 is 24.8 Å². The van der Waals surface area contributed by atoms with Gasteiger partial charge in [0.2, 0.25) is 0 Å². The van der Waals surface area contributed by atoms with Crippen LogP contribution in [0.25, 0.3) is 0 Å². The molecule has 3 N–H and O–H groups in total. The van der Waals surface area contributed by atoms with Crippen LogP contribution in [0.2, 0.25) is 0 Å². The van der Waals surface area contributed by atoms with E-state index in [0.29, 0.717) is 5.92 Å². The number of aliphatic hydroxyl groups is 3. The Morgan fingerprint density at radius 2 is 1.81 bits per heavy atom. The highest BCUT2D eigenvalue weighted by molar-refractivity contribution is 4.91. The van der Waals surface area contributed by atoms with Crippen LogP contribution in [-0.2, 0) is 9.47 Å². The van der Waals surface area contributed by atoms with E-state index in [-0.39, 0.29) is 0 Å². The summed E-state index contributed by atoms with van der Waals surface area (Å²) in [5.41, 5.74) is -0.395. The van der Waals surface area contributed by atoms with Crippen molar-refractivity contribution in [2.45, 2.75) is 96.6 Å². The first-order valence-electron chi connectivity index (χ1n) is 8.07. The van der Waals surface area contributed by atoms with Crippen molar-refractivity contribution in [2.75, 3.05) is 0 Å². The molecule has 1 aliphatic heterocycles. The lowest BCUT2D eigenvalue weighted by Gasteiger charge is -2.33. The van der Waals surface area contributed by atoms with Gasteiger partial charge in [-0.05, 0) is 32.6 Å². The molecule has 5 heteroatoms. The Morgan fingerprint density at radius 3 is 2.24 bits per heavy atom. The number of hydrogen-bond donors (Lipinski definition) is 3. The van der Waals surface area contributed by atoms with E-state index >= 15 is 0 Å². The summed E-state index contributed by atoms with van der Waals surface area (Å²) in [6.45, 7) is 9.96. The molecule has 1 aliphatic rings. The normalized spacial score (nSPS) is 34.1. The van der Waals surface area contributed by atoms with Crippen molar-refractivity contribution in [3.05, 3.63) is 0 Å². The zero-order valence-electron chi connectivity index (χ0n) is 14.0. The lowest BCUT2D eigenvalue weighted by molar-refractivity contribution is -0.231. The van der Waals surface area contributed by atoms with Crippen LogP contribution in [0.15, 0.2) is 0 Å². The van der Waals surface area contributed by atoms with Gasteiger partial charge in [-0.15, -0.1) is 0 Å². The van der Waals surface area contributed by atoms with Crippen LogP contribution < -0.4 is 0 Å². The van der Waals surface area contributed by atoms with Crippen molar-refractivity contribution in [3.8, 4) is 0 Å². The summed E-state index contributed by atoms with van der Waals surface area (Å²) in [4.78, 5) is 0. The van der Waals surface area contributed by atoms with Gasteiger partial charge in [-0.2, -0.15) is 0 Å². The Kier molecular flexibility index (Phi) is 7.07. The third kappa shape index (κ3) is 5.18. The first-order valence-corrected chi connectivity index (χ1v) is 8.07. The maximum atomic E-state index is 10.0. The zero-order valence-corrected chi connectivity index (χ0v) is 14.0. The first-order chi connectivity index (χ1) is 9.70. The van der Waals surface area contributed by atoms with Gasteiger partial charge in [-0.1, -0.05) is 33.6 Å².